The second-order valence-electron chi connectivity index (χ2n) is 2.93. The van der Waals surface area contributed by atoms with E-state index in [0.29, 0.717) is 0 Å². The monoisotopic (exact) mass is 202 g/mol. The summed E-state index contributed by atoms with van der Waals surface area (Å²) in [7, 11) is -2.22. The first-order valence-electron chi connectivity index (χ1n) is 3.51. The molecule has 0 fully saturated rings. The van der Waals surface area contributed by atoms with Crippen LogP contribution in [0.1, 0.15) is 6.92 Å². The van der Waals surface area contributed by atoms with Crippen LogP contribution in [0.3, 0.4) is 0 Å². The maximum Gasteiger partial charge on any atom is 0.338 e. The molecule has 0 aromatic rings. The van der Waals surface area contributed by atoms with Crippen molar-refractivity contribution in [2.24, 2.45) is 0 Å². The van der Waals surface area contributed by atoms with E-state index < -0.39 is 26.7 Å². The summed E-state index contributed by atoms with van der Waals surface area (Å²) in [5.41, 5.74) is 0. The molecule has 0 saturated carbocycles. The molecule has 6 heteroatoms. The average Bonchev–Trinajstić information content (AvgIpc) is 1.85. The minimum Gasteiger partial charge on any atom is -0.411 e. The Kier molecular flexibility index (Phi) is 3.74. The van der Waals surface area contributed by atoms with Crippen LogP contribution in [0.2, 0.25) is 12.6 Å². The zero-order chi connectivity index (χ0) is 9.99. The molecule has 0 bridgehead atoms. The Balaban J connectivity index is 4.23. The van der Waals surface area contributed by atoms with E-state index >= 15 is 0 Å². The molecule has 0 saturated heterocycles. The summed E-state index contributed by atoms with van der Waals surface area (Å²) in [6.07, 6.45) is -2.26. The first-order chi connectivity index (χ1) is 5.21. The Morgan fingerprint density at radius 2 is 2.00 bits per heavy atom. The van der Waals surface area contributed by atoms with Gasteiger partial charge in [0, 0.05) is 7.11 Å². The summed E-state index contributed by atoms with van der Waals surface area (Å²) in [5.74, 6) is -3.49. The number of alkyl halides is 3. The zero-order valence-corrected chi connectivity index (χ0v) is 8.27. The van der Waals surface area contributed by atoms with Crippen molar-refractivity contribution in [1.82, 2.24) is 0 Å². The average molecular weight is 202 g/mol. The van der Waals surface area contributed by atoms with E-state index in [1.54, 1.807) is 0 Å². The molecule has 0 rings (SSSR count). The number of halogens is 3. The third kappa shape index (κ3) is 3.55. The molecule has 0 radical (unpaired) electrons. The number of hydrogen-bond acceptors (Lipinski definition) is 2. The molecule has 0 aliphatic heterocycles. The van der Waals surface area contributed by atoms with Crippen LogP contribution in [0.15, 0.2) is 0 Å². The van der Waals surface area contributed by atoms with Gasteiger partial charge in [0.25, 0.3) is 5.92 Å². The third-order valence-electron chi connectivity index (χ3n) is 1.59. The fraction of sp³-hybridized carbons (Fsp3) is 1.00. The summed E-state index contributed by atoms with van der Waals surface area (Å²) in [6.45, 7) is 1.96. The highest BCUT2D eigenvalue weighted by atomic mass is 28.4. The molecule has 2 atom stereocenters. The van der Waals surface area contributed by atoms with Crippen molar-refractivity contribution in [2.45, 2.75) is 31.6 Å². The van der Waals surface area contributed by atoms with Crippen LogP contribution in [-0.4, -0.2) is 32.6 Å². The Morgan fingerprint density at radius 1 is 1.58 bits per heavy atom. The van der Waals surface area contributed by atoms with E-state index in [1.165, 1.54) is 6.55 Å². The molecule has 0 amide bonds. The van der Waals surface area contributed by atoms with Gasteiger partial charge >= 0.3 is 8.56 Å². The quantitative estimate of drug-likeness (QED) is 0.703. The van der Waals surface area contributed by atoms with Gasteiger partial charge in [0.05, 0.1) is 6.04 Å². The predicted molar refractivity (Wildman–Crippen MR) is 41.2 cm³/mol. The number of rotatable bonds is 4. The normalized spacial score (nSPS) is 20.2. The lowest BCUT2D eigenvalue weighted by Gasteiger charge is -2.24. The van der Waals surface area contributed by atoms with Gasteiger partial charge in [-0.3, -0.25) is 0 Å². The lowest BCUT2D eigenvalue weighted by molar-refractivity contribution is -0.0533. The maximum atomic E-state index is 12.6. The van der Waals surface area contributed by atoms with E-state index in [-0.39, 0.29) is 0 Å². The molecule has 0 aromatic heterocycles. The molecule has 0 aliphatic carbocycles. The molecule has 0 spiro atoms. The summed E-state index contributed by atoms with van der Waals surface area (Å²) in [4.78, 5) is 9.18. The van der Waals surface area contributed by atoms with Gasteiger partial charge in [0.2, 0.25) is 0 Å². The first kappa shape index (κ1) is 11.9. The van der Waals surface area contributed by atoms with Crippen molar-refractivity contribution in [3.8, 4) is 0 Å². The molecule has 0 heterocycles. The molecule has 0 aliphatic rings. The predicted octanol–water partition coefficient (Wildman–Crippen LogP) is 1.69. The Bertz CT molecular complexity index is 150. The van der Waals surface area contributed by atoms with Gasteiger partial charge in [-0.25, -0.2) is 13.2 Å². The van der Waals surface area contributed by atoms with E-state index in [2.05, 4.69) is 4.43 Å². The van der Waals surface area contributed by atoms with Crippen LogP contribution >= 0.6 is 0 Å². The van der Waals surface area contributed by atoms with Crippen molar-refractivity contribution in [2.75, 3.05) is 7.11 Å². The fourth-order valence-corrected chi connectivity index (χ4v) is 1.95. The molecule has 74 valence electrons. The number of hydrogen-bond donors (Lipinski definition) is 1. The first-order valence-corrected chi connectivity index (χ1v) is 6.07. The smallest absolute Gasteiger partial charge is 0.338 e. The second-order valence-corrected chi connectivity index (χ2v) is 6.04. The lowest BCUT2D eigenvalue weighted by atomic mass is 10.3. The topological polar surface area (TPSA) is 29.5 Å². The van der Waals surface area contributed by atoms with Crippen molar-refractivity contribution in [3.63, 3.8) is 0 Å². The van der Waals surface area contributed by atoms with Gasteiger partial charge in [-0.1, -0.05) is 0 Å². The Labute approximate surface area is 70.6 Å². The molecule has 2 unspecified atom stereocenters. The summed E-state index contributed by atoms with van der Waals surface area (Å²) >= 11 is 0. The molecule has 12 heavy (non-hydrogen) atoms. The van der Waals surface area contributed by atoms with Crippen LogP contribution in [0.4, 0.5) is 13.2 Å². The molecular formula is C6H13F3O2Si. The van der Waals surface area contributed by atoms with Crippen LogP contribution < -0.4 is 0 Å². The summed E-state index contributed by atoms with van der Waals surface area (Å²) < 4.78 is 42.0. The van der Waals surface area contributed by atoms with Crippen LogP contribution in [-0.2, 0) is 4.43 Å². The standard InChI is InChI=1S/C6H13F3O2Si/c1-5(7)6(8,9)4-12(3,10)11-2/h5,10H,4H2,1-3H3. The largest absolute Gasteiger partial charge is 0.411 e. The molecular weight excluding hydrogens is 189 g/mol. The molecule has 2 nitrogen and oxygen atoms in total. The van der Waals surface area contributed by atoms with Crippen LogP contribution in [0.25, 0.3) is 0 Å². The summed E-state index contributed by atoms with van der Waals surface area (Å²) in [6, 6.07) is -0.909. The van der Waals surface area contributed by atoms with Crippen molar-refractivity contribution in [3.05, 3.63) is 0 Å². The third-order valence-corrected chi connectivity index (χ3v) is 3.59. The minimum atomic E-state index is -3.49. The highest BCUT2D eigenvalue weighted by Gasteiger charge is 2.45. The van der Waals surface area contributed by atoms with Gasteiger partial charge in [0.15, 0.2) is 6.17 Å². The van der Waals surface area contributed by atoms with Gasteiger partial charge in [-0.15, -0.1) is 0 Å². The Hall–Kier alpha value is -0.0731. The van der Waals surface area contributed by atoms with Crippen molar-refractivity contribution in [1.29, 1.82) is 0 Å². The molecule has 1 N–H and O–H groups in total. The fourth-order valence-electron chi connectivity index (χ4n) is 0.650. The zero-order valence-electron chi connectivity index (χ0n) is 7.27. The highest BCUT2D eigenvalue weighted by molar-refractivity contribution is 6.64. The van der Waals surface area contributed by atoms with Crippen LogP contribution in [0, 0.1) is 0 Å². The lowest BCUT2D eigenvalue weighted by Crippen LogP contribution is -2.43. The van der Waals surface area contributed by atoms with Crippen LogP contribution in [0.5, 0.6) is 0 Å². The van der Waals surface area contributed by atoms with E-state index in [9.17, 15) is 18.0 Å². The Morgan fingerprint density at radius 3 is 2.25 bits per heavy atom. The van der Waals surface area contributed by atoms with E-state index in [1.807, 2.05) is 0 Å². The molecule has 0 aromatic carbocycles. The minimum absolute atomic E-state index is 0.764. The SMILES string of the molecule is CO[Si](C)(O)CC(F)(F)C(C)F. The van der Waals surface area contributed by atoms with Gasteiger partial charge in [0.1, 0.15) is 0 Å². The van der Waals surface area contributed by atoms with E-state index in [0.717, 1.165) is 14.0 Å². The van der Waals surface area contributed by atoms with Gasteiger partial charge in [-0.2, -0.15) is 0 Å². The maximum absolute atomic E-state index is 12.6. The van der Waals surface area contributed by atoms with E-state index in [4.69, 9.17) is 0 Å². The summed E-state index contributed by atoms with van der Waals surface area (Å²) in [5, 5.41) is 0. The second kappa shape index (κ2) is 3.76. The van der Waals surface area contributed by atoms with Crippen molar-refractivity contribution >= 4 is 8.56 Å². The highest BCUT2D eigenvalue weighted by Crippen LogP contribution is 2.30. The van der Waals surface area contributed by atoms with Gasteiger partial charge < -0.3 is 9.22 Å². The van der Waals surface area contributed by atoms with Crippen molar-refractivity contribution < 1.29 is 22.4 Å². The van der Waals surface area contributed by atoms with Gasteiger partial charge in [-0.05, 0) is 13.5 Å².